The fraction of sp³-hybridized carbons (Fsp3) is 0.733. The van der Waals surface area contributed by atoms with Gasteiger partial charge >= 0.3 is 35.5 Å². The average molecular weight is 322 g/mol. The summed E-state index contributed by atoms with van der Waals surface area (Å²) in [5, 5.41) is 29.6. The normalized spacial score (nSPS) is 13.4. The average Bonchev–Trinajstić information content (AvgIpc) is 2.37. The monoisotopic (exact) mass is 322 g/mol. The predicted molar refractivity (Wildman–Crippen MR) is 81.3 cm³/mol. The van der Waals surface area contributed by atoms with Crippen LogP contribution in [0, 0.1) is 0 Å². The second-order valence-corrected chi connectivity index (χ2v) is 5.07. The van der Waals surface area contributed by atoms with E-state index in [2.05, 4.69) is 11.1 Å². The van der Waals surface area contributed by atoms with Gasteiger partial charge in [0, 0.05) is 13.1 Å². The van der Waals surface area contributed by atoms with Crippen molar-refractivity contribution in [3.8, 4) is 0 Å². The van der Waals surface area contributed by atoms with Crippen molar-refractivity contribution in [2.24, 2.45) is 4.99 Å². The number of carboxylic acids is 1. The fourth-order valence-corrected chi connectivity index (χ4v) is 1.90. The van der Waals surface area contributed by atoms with E-state index >= 15 is 0 Å². The van der Waals surface area contributed by atoms with Gasteiger partial charge in [-0.2, -0.15) is 0 Å². The molecule has 6 nitrogen and oxygen atoms in total. The van der Waals surface area contributed by atoms with Crippen molar-refractivity contribution in [3.05, 3.63) is 12.2 Å². The maximum absolute atomic E-state index is 11.5. The standard InChI is InChI=1S/C15H28N2O4.Na/c1-3-4-5-6-7-8-14(19)16-9-10-17(11-13(2)18)12-15(20)21;/h3-4,13,18H,5-12H2,1-2H3,(H,16,19)(H,20,21);/q;+1/p-1/b4-3+;. The molecule has 2 N–H and O–H groups in total. The minimum atomic E-state index is -0.953. The molecule has 0 radical (unpaired) electrons. The van der Waals surface area contributed by atoms with Crippen LogP contribution in [-0.2, 0) is 4.79 Å². The van der Waals surface area contributed by atoms with Gasteiger partial charge in [-0.15, -0.1) is 0 Å². The molecule has 0 spiro atoms. The summed E-state index contributed by atoms with van der Waals surface area (Å²) in [6, 6.07) is 0. The molecule has 0 aliphatic heterocycles. The number of aliphatic hydroxyl groups excluding tert-OH is 1. The van der Waals surface area contributed by atoms with Gasteiger partial charge in [-0.25, -0.2) is 0 Å². The molecule has 0 rings (SSSR count). The van der Waals surface area contributed by atoms with Crippen LogP contribution in [-0.4, -0.2) is 59.3 Å². The second-order valence-electron chi connectivity index (χ2n) is 5.07. The molecule has 0 fully saturated rings. The Morgan fingerprint density at radius 3 is 2.64 bits per heavy atom. The maximum Gasteiger partial charge on any atom is 1.00 e. The van der Waals surface area contributed by atoms with Crippen LogP contribution in [0.5, 0.6) is 0 Å². The molecule has 0 bridgehead atoms. The smallest absolute Gasteiger partial charge is 0.862 e. The van der Waals surface area contributed by atoms with Crippen LogP contribution in [0.3, 0.4) is 0 Å². The number of allylic oxidation sites excluding steroid dienone is 2. The summed E-state index contributed by atoms with van der Waals surface area (Å²) >= 11 is 0. The first-order chi connectivity index (χ1) is 9.95. The number of aliphatic imine (C=N–C) groups is 1. The quantitative estimate of drug-likeness (QED) is 0.138. The SMILES string of the molecule is C/C=C/CCCCC([O-])=NCCN(CC(=O)O)CC(C)O.[Na+]. The van der Waals surface area contributed by atoms with Crippen molar-refractivity contribution < 1.29 is 49.7 Å². The molecule has 0 aromatic rings. The Labute approximate surface area is 155 Å². The number of aliphatic hydroxyl groups is 1. The molecule has 0 saturated carbocycles. The van der Waals surface area contributed by atoms with Crippen LogP contribution in [0.4, 0.5) is 0 Å². The number of nitrogens with zero attached hydrogens (tertiary/aromatic N) is 2. The molecule has 22 heavy (non-hydrogen) atoms. The fourth-order valence-electron chi connectivity index (χ4n) is 1.90. The number of rotatable bonds is 12. The minimum Gasteiger partial charge on any atom is -0.862 e. The van der Waals surface area contributed by atoms with Crippen molar-refractivity contribution in [1.29, 1.82) is 0 Å². The van der Waals surface area contributed by atoms with E-state index in [4.69, 9.17) is 5.11 Å². The molecular weight excluding hydrogens is 295 g/mol. The van der Waals surface area contributed by atoms with Gasteiger partial charge in [0.25, 0.3) is 0 Å². The summed E-state index contributed by atoms with van der Waals surface area (Å²) in [5.41, 5.74) is 0. The van der Waals surface area contributed by atoms with Crippen molar-refractivity contribution in [2.75, 3.05) is 26.2 Å². The van der Waals surface area contributed by atoms with Gasteiger partial charge in [-0.3, -0.25) is 9.69 Å². The summed E-state index contributed by atoms with van der Waals surface area (Å²) in [5.74, 6) is -1.09. The van der Waals surface area contributed by atoms with E-state index in [1.165, 1.54) is 0 Å². The van der Waals surface area contributed by atoms with E-state index in [9.17, 15) is 15.0 Å². The zero-order chi connectivity index (χ0) is 16.1. The molecule has 0 amide bonds. The van der Waals surface area contributed by atoms with E-state index in [1.54, 1.807) is 11.8 Å². The number of carbonyl (C=O) groups is 1. The Bertz CT molecular complexity index is 346. The van der Waals surface area contributed by atoms with Crippen molar-refractivity contribution in [3.63, 3.8) is 0 Å². The Morgan fingerprint density at radius 2 is 2.09 bits per heavy atom. The summed E-state index contributed by atoms with van der Waals surface area (Å²) in [6.07, 6.45) is 6.66. The van der Waals surface area contributed by atoms with Crippen LogP contribution >= 0.6 is 0 Å². The van der Waals surface area contributed by atoms with E-state index in [-0.39, 0.29) is 55.1 Å². The Balaban J connectivity index is 0. The maximum atomic E-state index is 11.5. The van der Waals surface area contributed by atoms with Gasteiger partial charge in [0.1, 0.15) is 0 Å². The molecule has 0 aliphatic rings. The van der Waals surface area contributed by atoms with Gasteiger partial charge < -0.3 is 20.3 Å². The Hall–Kier alpha value is -0.400. The second kappa shape index (κ2) is 15.5. The molecule has 0 heterocycles. The first-order valence-electron chi connectivity index (χ1n) is 7.39. The van der Waals surface area contributed by atoms with Crippen LogP contribution in [0.1, 0.15) is 39.5 Å². The van der Waals surface area contributed by atoms with Gasteiger partial charge in [-0.05, 0) is 45.4 Å². The zero-order valence-electron chi connectivity index (χ0n) is 14.0. The predicted octanol–water partition coefficient (Wildman–Crippen LogP) is -2.35. The topological polar surface area (TPSA) is 96.2 Å². The number of aliphatic carboxylic acids is 1. The third-order valence-corrected chi connectivity index (χ3v) is 2.83. The van der Waals surface area contributed by atoms with Crippen LogP contribution in [0.15, 0.2) is 17.1 Å². The largest absolute Gasteiger partial charge is 1.00 e. The van der Waals surface area contributed by atoms with Crippen LogP contribution < -0.4 is 34.7 Å². The Morgan fingerprint density at radius 1 is 1.41 bits per heavy atom. The molecule has 0 aromatic heterocycles. The van der Waals surface area contributed by atoms with Crippen molar-refractivity contribution in [2.45, 2.75) is 45.6 Å². The molecule has 0 saturated heterocycles. The van der Waals surface area contributed by atoms with E-state index < -0.39 is 12.1 Å². The zero-order valence-corrected chi connectivity index (χ0v) is 16.0. The minimum absolute atomic E-state index is 0. The number of hydrogen-bond acceptors (Lipinski definition) is 5. The number of unbranched alkanes of at least 4 members (excludes halogenated alkanes) is 2. The summed E-state index contributed by atoms with van der Waals surface area (Å²) in [4.78, 5) is 16.2. The van der Waals surface area contributed by atoms with E-state index in [0.717, 1.165) is 19.3 Å². The summed E-state index contributed by atoms with van der Waals surface area (Å²) < 4.78 is 0. The molecule has 122 valence electrons. The van der Waals surface area contributed by atoms with Crippen molar-refractivity contribution >= 4 is 11.9 Å². The van der Waals surface area contributed by atoms with Gasteiger partial charge in [0.05, 0.1) is 19.2 Å². The summed E-state index contributed by atoms with van der Waals surface area (Å²) in [7, 11) is 0. The number of hydrogen-bond donors (Lipinski definition) is 2. The molecule has 0 aromatic carbocycles. The van der Waals surface area contributed by atoms with Crippen LogP contribution in [0.2, 0.25) is 0 Å². The molecule has 1 unspecified atom stereocenters. The van der Waals surface area contributed by atoms with Gasteiger partial charge in [0.2, 0.25) is 0 Å². The van der Waals surface area contributed by atoms with Crippen molar-refractivity contribution in [1.82, 2.24) is 4.90 Å². The molecule has 0 aliphatic carbocycles. The summed E-state index contributed by atoms with van der Waals surface area (Å²) in [6.45, 7) is 4.31. The molecule has 7 heteroatoms. The van der Waals surface area contributed by atoms with E-state index in [1.807, 2.05) is 13.0 Å². The van der Waals surface area contributed by atoms with Gasteiger partial charge in [-0.1, -0.05) is 12.2 Å². The van der Waals surface area contributed by atoms with Crippen LogP contribution in [0.25, 0.3) is 0 Å². The number of carboxylic acid groups (broad SMARTS) is 1. The molecular formula is C15H27N2NaO4. The Kier molecular flexibility index (Phi) is 16.8. The third kappa shape index (κ3) is 16.0. The van der Waals surface area contributed by atoms with Gasteiger partial charge in [0.15, 0.2) is 0 Å². The van der Waals surface area contributed by atoms with E-state index in [0.29, 0.717) is 13.0 Å². The third-order valence-electron chi connectivity index (χ3n) is 2.83. The molecule has 1 atom stereocenters. The first kappa shape index (κ1) is 23.9. The first-order valence-corrected chi connectivity index (χ1v) is 7.39.